The van der Waals surface area contributed by atoms with Gasteiger partial charge in [-0.25, -0.2) is 0 Å². The minimum Gasteiger partial charge on any atom is -0.377 e. The number of aliphatic hydroxyl groups is 1. The minimum atomic E-state index is -3.66. The molecule has 0 radical (unpaired) electrons. The lowest BCUT2D eigenvalue weighted by Crippen LogP contribution is -2.50. The van der Waals surface area contributed by atoms with E-state index in [1.165, 1.54) is 6.92 Å². The fourth-order valence-corrected chi connectivity index (χ4v) is 1.10. The van der Waals surface area contributed by atoms with Crippen molar-refractivity contribution in [3.05, 3.63) is 0 Å². The van der Waals surface area contributed by atoms with Crippen LogP contribution in [0.1, 0.15) is 13.8 Å². The van der Waals surface area contributed by atoms with Crippen molar-refractivity contribution in [2.24, 2.45) is 0 Å². The molecular weight excluding hydrogens is 220 g/mol. The summed E-state index contributed by atoms with van der Waals surface area (Å²) in [5.41, 5.74) is 0. The first-order valence-corrected chi connectivity index (χ1v) is 6.59. The molecule has 1 unspecified atom stereocenters. The van der Waals surface area contributed by atoms with Crippen molar-refractivity contribution >= 4 is 10.1 Å². The first kappa shape index (κ1) is 14.8. The van der Waals surface area contributed by atoms with E-state index < -0.39 is 10.1 Å². The van der Waals surface area contributed by atoms with Crippen molar-refractivity contribution in [3.8, 4) is 0 Å². The third kappa shape index (κ3) is 7.69. The van der Waals surface area contributed by atoms with Crippen LogP contribution in [0.15, 0.2) is 0 Å². The van der Waals surface area contributed by atoms with Gasteiger partial charge in [-0.2, -0.15) is 8.42 Å². The molecule has 3 N–H and O–H groups in total. The third-order valence-corrected chi connectivity index (χ3v) is 2.82. The molecule has 92 valence electrons. The van der Waals surface area contributed by atoms with Crippen LogP contribution < -0.4 is 5.32 Å². The smallest absolute Gasteiger partial charge is 0.264 e. The Morgan fingerprint density at radius 3 is 2.27 bits per heavy atom. The van der Waals surface area contributed by atoms with Crippen LogP contribution in [0.5, 0.6) is 0 Å². The van der Waals surface area contributed by atoms with Crippen LogP contribution in [0.4, 0.5) is 0 Å². The Hall–Kier alpha value is -0.210. The second-order valence-corrected chi connectivity index (χ2v) is 4.93. The minimum absolute atomic E-state index is 0.201. The van der Waals surface area contributed by atoms with Crippen molar-refractivity contribution in [2.45, 2.75) is 20.1 Å². The first-order valence-electron chi connectivity index (χ1n) is 4.98. The van der Waals surface area contributed by atoms with Crippen LogP contribution in [0.3, 0.4) is 0 Å². The SMILES string of the molecule is CCN1CCNCC1O.CCS(=O)(=O)O. The predicted molar refractivity (Wildman–Crippen MR) is 58.2 cm³/mol. The van der Waals surface area contributed by atoms with E-state index in [0.29, 0.717) is 6.54 Å². The number of nitrogens with zero attached hydrogens (tertiary/aromatic N) is 1. The average Bonchev–Trinajstić information content (AvgIpc) is 2.18. The number of nitrogens with one attached hydrogen (secondary N) is 1. The fraction of sp³-hybridized carbons (Fsp3) is 1.00. The highest BCUT2D eigenvalue weighted by molar-refractivity contribution is 7.85. The van der Waals surface area contributed by atoms with Gasteiger partial charge in [0.2, 0.25) is 0 Å². The summed E-state index contributed by atoms with van der Waals surface area (Å²) in [6.07, 6.45) is -0.260. The van der Waals surface area contributed by atoms with Gasteiger partial charge >= 0.3 is 0 Å². The van der Waals surface area contributed by atoms with E-state index in [0.717, 1.165) is 19.6 Å². The van der Waals surface area contributed by atoms with Crippen molar-refractivity contribution in [2.75, 3.05) is 31.9 Å². The van der Waals surface area contributed by atoms with E-state index in [1.807, 2.05) is 0 Å². The van der Waals surface area contributed by atoms with Crippen LogP contribution >= 0.6 is 0 Å². The van der Waals surface area contributed by atoms with E-state index in [2.05, 4.69) is 17.1 Å². The van der Waals surface area contributed by atoms with Crippen LogP contribution in [0, 0.1) is 0 Å². The maximum Gasteiger partial charge on any atom is 0.264 e. The van der Waals surface area contributed by atoms with Gasteiger partial charge in [0, 0.05) is 19.6 Å². The molecule has 7 heteroatoms. The maximum absolute atomic E-state index is 9.56. The number of rotatable bonds is 2. The highest BCUT2D eigenvalue weighted by atomic mass is 32.2. The molecule has 1 aliphatic rings. The average molecular weight is 240 g/mol. The summed E-state index contributed by atoms with van der Waals surface area (Å²) in [5.74, 6) is -0.201. The van der Waals surface area contributed by atoms with Crippen LogP contribution in [0.25, 0.3) is 0 Å². The molecule has 6 nitrogen and oxygen atoms in total. The van der Waals surface area contributed by atoms with E-state index in [1.54, 1.807) is 0 Å². The first-order chi connectivity index (χ1) is 6.90. The number of piperazine rings is 1. The van der Waals surface area contributed by atoms with Gasteiger partial charge < -0.3 is 10.4 Å². The molecule has 0 aromatic heterocycles. The summed E-state index contributed by atoms with van der Waals surface area (Å²) in [6, 6.07) is 0. The second-order valence-electron chi connectivity index (χ2n) is 3.18. The van der Waals surface area contributed by atoms with E-state index in [4.69, 9.17) is 4.55 Å². The third-order valence-electron chi connectivity index (χ3n) is 2.10. The van der Waals surface area contributed by atoms with Gasteiger partial charge in [-0.3, -0.25) is 9.45 Å². The van der Waals surface area contributed by atoms with Crippen LogP contribution in [0.2, 0.25) is 0 Å². The molecule has 1 atom stereocenters. The molecule has 1 aliphatic heterocycles. The second kappa shape index (κ2) is 7.13. The molecule has 15 heavy (non-hydrogen) atoms. The van der Waals surface area contributed by atoms with Gasteiger partial charge in [-0.15, -0.1) is 0 Å². The zero-order valence-corrected chi connectivity index (χ0v) is 10.00. The summed E-state index contributed by atoms with van der Waals surface area (Å²) < 4.78 is 26.9. The molecule has 0 saturated carbocycles. The molecule has 1 rings (SSSR count). The standard InChI is InChI=1S/C6H14N2O.C2H6O3S/c1-2-8-4-3-7-5-6(8)9;1-2-6(3,4)5/h6-7,9H,2-5H2,1H3;2H2,1H3,(H,3,4,5). The molecule has 0 amide bonds. The lowest BCUT2D eigenvalue weighted by molar-refractivity contribution is -0.00886. The van der Waals surface area contributed by atoms with E-state index in [-0.39, 0.29) is 12.0 Å². The monoisotopic (exact) mass is 240 g/mol. The van der Waals surface area contributed by atoms with E-state index in [9.17, 15) is 13.5 Å². The Labute approximate surface area is 91.0 Å². The zero-order chi connectivity index (χ0) is 11.9. The fourth-order valence-electron chi connectivity index (χ4n) is 1.10. The molecule has 0 spiro atoms. The van der Waals surface area contributed by atoms with Gasteiger partial charge in [0.25, 0.3) is 10.1 Å². The van der Waals surface area contributed by atoms with Gasteiger partial charge in [0.15, 0.2) is 0 Å². The normalized spacial score (nSPS) is 23.1. The molecule has 0 aliphatic carbocycles. The van der Waals surface area contributed by atoms with Gasteiger partial charge in [-0.05, 0) is 13.5 Å². The van der Waals surface area contributed by atoms with Gasteiger partial charge in [-0.1, -0.05) is 6.92 Å². The van der Waals surface area contributed by atoms with E-state index >= 15 is 0 Å². The highest BCUT2D eigenvalue weighted by Crippen LogP contribution is 1.97. The summed E-state index contributed by atoms with van der Waals surface area (Å²) in [5, 5.41) is 12.3. The molecule has 1 heterocycles. The number of aliphatic hydroxyl groups excluding tert-OH is 1. The predicted octanol–water partition coefficient (Wildman–Crippen LogP) is -0.876. The molecule has 1 saturated heterocycles. The van der Waals surface area contributed by atoms with Crippen molar-refractivity contribution < 1.29 is 18.1 Å². The van der Waals surface area contributed by atoms with Gasteiger partial charge in [0.05, 0.1) is 5.75 Å². The lowest BCUT2D eigenvalue weighted by Gasteiger charge is -2.31. The van der Waals surface area contributed by atoms with Crippen molar-refractivity contribution in [1.82, 2.24) is 10.2 Å². The highest BCUT2D eigenvalue weighted by Gasteiger charge is 2.16. The number of hydrogen-bond donors (Lipinski definition) is 3. The topological polar surface area (TPSA) is 89.9 Å². The number of hydrogen-bond acceptors (Lipinski definition) is 5. The molecular formula is C8H20N2O4S. The van der Waals surface area contributed by atoms with Crippen molar-refractivity contribution in [3.63, 3.8) is 0 Å². The Bertz CT molecular complexity index is 255. The quantitative estimate of drug-likeness (QED) is 0.543. The zero-order valence-electron chi connectivity index (χ0n) is 9.18. The van der Waals surface area contributed by atoms with Crippen molar-refractivity contribution in [1.29, 1.82) is 0 Å². The Morgan fingerprint density at radius 1 is 1.47 bits per heavy atom. The molecule has 0 aromatic carbocycles. The Balaban J connectivity index is 0.000000288. The number of β-amino-alcohol motifs (C(OH)–C–C–N with tert-alkyl or cyclic N) is 1. The number of likely N-dealkylation sites (N-methyl/N-ethyl adjacent to an activating group) is 1. The van der Waals surface area contributed by atoms with Gasteiger partial charge in [0.1, 0.15) is 6.23 Å². The summed E-state index contributed by atoms with van der Waals surface area (Å²) >= 11 is 0. The maximum atomic E-state index is 9.56. The summed E-state index contributed by atoms with van der Waals surface area (Å²) in [4.78, 5) is 2.05. The summed E-state index contributed by atoms with van der Waals surface area (Å²) in [7, 11) is -3.66. The van der Waals surface area contributed by atoms with Crippen LogP contribution in [-0.4, -0.2) is 61.1 Å². The molecule has 0 aromatic rings. The summed E-state index contributed by atoms with van der Waals surface area (Å²) in [6.45, 7) is 7.07. The molecule has 0 bridgehead atoms. The largest absolute Gasteiger partial charge is 0.377 e. The Morgan fingerprint density at radius 2 is 2.00 bits per heavy atom. The lowest BCUT2D eigenvalue weighted by atomic mass is 10.3. The molecule has 1 fully saturated rings. The van der Waals surface area contributed by atoms with Crippen LogP contribution in [-0.2, 0) is 10.1 Å². The Kier molecular flexibility index (Phi) is 7.03.